The first-order chi connectivity index (χ1) is 15.2. The van der Waals surface area contributed by atoms with Gasteiger partial charge in [0.2, 0.25) is 0 Å². The van der Waals surface area contributed by atoms with Crippen LogP contribution >= 0.6 is 11.6 Å². The van der Waals surface area contributed by atoms with Crippen molar-refractivity contribution in [3.8, 4) is 22.6 Å². The van der Waals surface area contributed by atoms with E-state index in [0.29, 0.717) is 10.9 Å². The standard InChI is InChI=1S/C27H22ClN3/c28-24(19-29)12-7-13-25-18-26(22-10-5-2-6-11-22)31-27(30-25)23-16-14-21(15-17-23)20-8-3-1-4-9-20/h2-3,5-19,29H,1,4H2/b13-7+,24-12+,29-19?. The van der Waals surface area contributed by atoms with E-state index in [1.54, 1.807) is 12.2 Å². The van der Waals surface area contributed by atoms with Crippen molar-refractivity contribution in [3.05, 3.63) is 107 Å². The van der Waals surface area contributed by atoms with Crippen LogP contribution in [0.25, 0.3) is 34.3 Å². The highest BCUT2D eigenvalue weighted by Crippen LogP contribution is 2.26. The molecule has 4 rings (SSSR count). The van der Waals surface area contributed by atoms with E-state index < -0.39 is 0 Å². The van der Waals surface area contributed by atoms with E-state index in [1.807, 2.05) is 42.5 Å². The molecule has 0 saturated carbocycles. The maximum absolute atomic E-state index is 7.18. The first-order valence-corrected chi connectivity index (χ1v) is 10.6. The fourth-order valence-corrected chi connectivity index (χ4v) is 3.44. The zero-order valence-corrected chi connectivity index (χ0v) is 17.8. The highest BCUT2D eigenvalue weighted by Gasteiger charge is 2.09. The largest absolute Gasteiger partial charge is 0.307 e. The molecule has 3 aromatic rings. The topological polar surface area (TPSA) is 49.6 Å². The third-order valence-electron chi connectivity index (χ3n) is 4.95. The van der Waals surface area contributed by atoms with E-state index in [1.165, 1.54) is 11.1 Å². The second-order valence-electron chi connectivity index (χ2n) is 7.14. The van der Waals surface area contributed by atoms with Crippen LogP contribution in [0.3, 0.4) is 0 Å². The van der Waals surface area contributed by atoms with E-state index in [4.69, 9.17) is 27.0 Å². The molecule has 1 aliphatic rings. The number of halogens is 1. The predicted octanol–water partition coefficient (Wildman–Crippen LogP) is 7.33. The molecule has 152 valence electrons. The molecule has 0 bridgehead atoms. The molecule has 1 heterocycles. The normalized spacial score (nSPS) is 14.0. The number of aromatic nitrogens is 2. The van der Waals surface area contributed by atoms with Crippen LogP contribution in [0, 0.1) is 5.41 Å². The molecule has 1 aromatic heterocycles. The van der Waals surface area contributed by atoms with Crippen LogP contribution < -0.4 is 0 Å². The zero-order chi connectivity index (χ0) is 21.5. The first kappa shape index (κ1) is 20.7. The van der Waals surface area contributed by atoms with Crippen LogP contribution in [-0.4, -0.2) is 16.2 Å². The molecule has 0 fully saturated rings. The fourth-order valence-electron chi connectivity index (χ4n) is 3.36. The second-order valence-corrected chi connectivity index (χ2v) is 7.58. The third kappa shape index (κ3) is 5.33. The van der Waals surface area contributed by atoms with Gasteiger partial charge in [-0.15, -0.1) is 0 Å². The van der Waals surface area contributed by atoms with E-state index in [2.05, 4.69) is 42.5 Å². The van der Waals surface area contributed by atoms with Crippen LogP contribution in [-0.2, 0) is 0 Å². The van der Waals surface area contributed by atoms with Gasteiger partial charge in [0, 0.05) is 17.3 Å². The summed E-state index contributed by atoms with van der Waals surface area (Å²) in [5, 5.41) is 7.54. The SMILES string of the molecule is N=C/C(Cl)=C\C=C\c1cc(-c2ccccc2)nc(-c2ccc(C3=CCCC=C3)cc2)n1. The Morgan fingerprint density at radius 3 is 2.39 bits per heavy atom. The van der Waals surface area contributed by atoms with Crippen molar-refractivity contribution in [2.45, 2.75) is 12.8 Å². The molecule has 0 radical (unpaired) electrons. The van der Waals surface area contributed by atoms with E-state index in [9.17, 15) is 0 Å². The van der Waals surface area contributed by atoms with Gasteiger partial charge in [-0.25, -0.2) is 9.97 Å². The van der Waals surface area contributed by atoms with Crippen molar-refractivity contribution in [2.24, 2.45) is 0 Å². The maximum atomic E-state index is 7.18. The van der Waals surface area contributed by atoms with E-state index in [0.717, 1.165) is 41.6 Å². The Kier molecular flexibility index (Phi) is 6.65. The molecular formula is C27H22ClN3. The lowest BCUT2D eigenvalue weighted by molar-refractivity contribution is 1.04. The van der Waals surface area contributed by atoms with Crippen LogP contribution in [0.2, 0.25) is 0 Å². The van der Waals surface area contributed by atoms with Crippen molar-refractivity contribution in [1.82, 2.24) is 9.97 Å². The van der Waals surface area contributed by atoms with Crippen LogP contribution in [0.1, 0.15) is 24.1 Å². The highest BCUT2D eigenvalue weighted by atomic mass is 35.5. The van der Waals surface area contributed by atoms with Gasteiger partial charge in [0.05, 0.1) is 16.4 Å². The van der Waals surface area contributed by atoms with Crippen molar-refractivity contribution in [3.63, 3.8) is 0 Å². The molecular weight excluding hydrogens is 402 g/mol. The zero-order valence-electron chi connectivity index (χ0n) is 17.0. The summed E-state index contributed by atoms with van der Waals surface area (Å²) in [6, 6.07) is 20.4. The number of nitrogens with one attached hydrogen (secondary N) is 1. The smallest absolute Gasteiger partial charge is 0.160 e. The third-order valence-corrected chi connectivity index (χ3v) is 5.18. The lowest BCUT2D eigenvalue weighted by atomic mass is 9.98. The van der Waals surface area contributed by atoms with Crippen molar-refractivity contribution < 1.29 is 0 Å². The minimum Gasteiger partial charge on any atom is -0.307 e. The van der Waals surface area contributed by atoms with Crippen LogP contribution in [0.4, 0.5) is 0 Å². The molecule has 0 atom stereocenters. The number of nitrogens with zero attached hydrogens (tertiary/aromatic N) is 2. The van der Waals surface area contributed by atoms with Crippen LogP contribution in [0.15, 0.2) is 96.1 Å². The summed E-state index contributed by atoms with van der Waals surface area (Å²) in [4.78, 5) is 9.56. The van der Waals surface area contributed by atoms with Crippen molar-refractivity contribution in [2.75, 3.05) is 0 Å². The molecule has 0 saturated heterocycles. The van der Waals surface area contributed by atoms with E-state index >= 15 is 0 Å². The van der Waals surface area contributed by atoms with Gasteiger partial charge in [0.25, 0.3) is 0 Å². The van der Waals surface area contributed by atoms with Gasteiger partial charge in [-0.1, -0.05) is 90.5 Å². The summed E-state index contributed by atoms with van der Waals surface area (Å²) < 4.78 is 0. The maximum Gasteiger partial charge on any atom is 0.160 e. The van der Waals surface area contributed by atoms with Gasteiger partial charge >= 0.3 is 0 Å². The van der Waals surface area contributed by atoms with Gasteiger partial charge in [0.1, 0.15) is 0 Å². The van der Waals surface area contributed by atoms with E-state index in [-0.39, 0.29) is 0 Å². The Balaban J connectivity index is 1.72. The summed E-state index contributed by atoms with van der Waals surface area (Å²) in [5.41, 5.74) is 6.08. The lowest BCUT2D eigenvalue weighted by Crippen LogP contribution is -1.95. The lowest BCUT2D eigenvalue weighted by Gasteiger charge is -2.09. The Morgan fingerprint density at radius 2 is 1.68 bits per heavy atom. The summed E-state index contributed by atoms with van der Waals surface area (Å²) in [6.07, 6.45) is 15.3. The molecule has 2 aromatic carbocycles. The van der Waals surface area contributed by atoms with Crippen molar-refractivity contribution >= 4 is 29.5 Å². The quantitative estimate of drug-likeness (QED) is 0.333. The Hall–Kier alpha value is -3.56. The summed E-state index contributed by atoms with van der Waals surface area (Å²) >= 11 is 5.89. The van der Waals surface area contributed by atoms with Crippen molar-refractivity contribution in [1.29, 1.82) is 5.41 Å². The Labute approximate surface area is 187 Å². The average molecular weight is 424 g/mol. The van der Waals surface area contributed by atoms with Gasteiger partial charge in [-0.2, -0.15) is 0 Å². The Bertz CT molecular complexity index is 1190. The highest BCUT2D eigenvalue weighted by molar-refractivity contribution is 6.39. The first-order valence-electron chi connectivity index (χ1n) is 10.2. The van der Waals surface area contributed by atoms with Gasteiger partial charge in [-0.05, 0) is 42.2 Å². The predicted molar refractivity (Wildman–Crippen MR) is 131 cm³/mol. The molecule has 3 nitrogen and oxygen atoms in total. The fraction of sp³-hybridized carbons (Fsp3) is 0.0741. The summed E-state index contributed by atoms with van der Waals surface area (Å²) in [7, 11) is 0. The van der Waals surface area contributed by atoms with Gasteiger partial charge in [-0.3, -0.25) is 0 Å². The second kappa shape index (κ2) is 9.96. The monoisotopic (exact) mass is 423 g/mol. The molecule has 0 unspecified atom stereocenters. The number of hydrogen-bond acceptors (Lipinski definition) is 3. The molecule has 0 amide bonds. The number of hydrogen-bond donors (Lipinski definition) is 1. The molecule has 31 heavy (non-hydrogen) atoms. The summed E-state index contributed by atoms with van der Waals surface area (Å²) in [6.45, 7) is 0. The average Bonchev–Trinajstić information content (AvgIpc) is 2.85. The molecule has 0 spiro atoms. The minimum atomic E-state index is 0.357. The summed E-state index contributed by atoms with van der Waals surface area (Å²) in [5.74, 6) is 0.669. The number of rotatable bonds is 6. The van der Waals surface area contributed by atoms with Crippen LogP contribution in [0.5, 0.6) is 0 Å². The molecule has 1 N–H and O–H groups in total. The number of allylic oxidation sites excluding steroid dienone is 7. The molecule has 0 aliphatic heterocycles. The Morgan fingerprint density at radius 1 is 0.903 bits per heavy atom. The number of benzene rings is 2. The molecule has 1 aliphatic carbocycles. The van der Waals surface area contributed by atoms with Gasteiger partial charge < -0.3 is 5.41 Å². The minimum absolute atomic E-state index is 0.357. The molecule has 4 heteroatoms. The van der Waals surface area contributed by atoms with Gasteiger partial charge in [0.15, 0.2) is 5.82 Å².